The van der Waals surface area contributed by atoms with Crippen LogP contribution in [-0.4, -0.2) is 12.1 Å². The Kier molecular flexibility index (Phi) is 15.9. The monoisotopic (exact) mass is 375 g/mol. The molecule has 2 atom stereocenters. The van der Waals surface area contributed by atoms with Gasteiger partial charge in [0.2, 0.25) is 0 Å². The van der Waals surface area contributed by atoms with E-state index in [4.69, 9.17) is 18.8 Å². The number of hydrogen-bond acceptors (Lipinski definition) is 2. The van der Waals surface area contributed by atoms with Crippen LogP contribution in [0.4, 0.5) is 0 Å². The van der Waals surface area contributed by atoms with E-state index < -0.39 is 0 Å². The number of hydroxylamine groups is 2. The van der Waals surface area contributed by atoms with Crippen molar-refractivity contribution in [3.63, 3.8) is 0 Å². The van der Waals surface area contributed by atoms with Crippen molar-refractivity contribution in [1.82, 2.24) is 5.06 Å². The summed E-state index contributed by atoms with van der Waals surface area (Å²) in [6.45, 7) is 13.5. The zero-order valence-corrected chi connectivity index (χ0v) is 14.9. The molecule has 0 bridgehead atoms. The molecular weight excluding hydrogens is 358 g/mol. The summed E-state index contributed by atoms with van der Waals surface area (Å²) < 4.78 is 22.5. The number of rotatable bonds is 2. The first-order valence-electron chi connectivity index (χ1n) is 6.95. The maximum Gasteiger partial charge on any atom is 0 e. The maximum absolute atomic E-state index is 7.50. The SMILES string of the molecule is CN1O[C@H](c2ccccc2)C[C@H]1c1ccccc1.[C-]#[O+].[C-]#[O+].[C-]#[O+].[Cr]. The van der Waals surface area contributed by atoms with Crippen LogP contribution in [-0.2, 0) is 36.2 Å². The molecule has 0 radical (unpaired) electrons. The number of nitrogens with zero attached hydrogens (tertiary/aromatic N) is 1. The van der Waals surface area contributed by atoms with Gasteiger partial charge >= 0.3 is 33.9 Å². The molecular formula is C19H17CrNO4. The standard InChI is InChI=1S/C16H17NO.3CO.Cr/c1-17-15(13-8-4-2-5-9-13)12-16(18-17)14-10-6-3-7-11-14;3*1-2;/h2-11,15-16H,12H2,1H3;;;;/t15-,16-;;;;/m0..../s1. The summed E-state index contributed by atoms with van der Waals surface area (Å²) in [5.74, 6) is 0. The average molecular weight is 375 g/mol. The molecule has 2 aromatic carbocycles. The maximum atomic E-state index is 7.50. The van der Waals surface area contributed by atoms with Crippen LogP contribution < -0.4 is 0 Å². The Balaban J connectivity index is 0. The predicted molar refractivity (Wildman–Crippen MR) is 83.6 cm³/mol. The second-order valence-corrected chi connectivity index (χ2v) is 4.71. The molecule has 0 spiro atoms. The summed E-state index contributed by atoms with van der Waals surface area (Å²) in [5, 5.41) is 1.98. The van der Waals surface area contributed by atoms with Crippen molar-refractivity contribution in [3.05, 3.63) is 91.7 Å². The van der Waals surface area contributed by atoms with Gasteiger partial charge in [-0.3, -0.25) is 4.84 Å². The molecule has 0 aromatic heterocycles. The van der Waals surface area contributed by atoms with Crippen molar-refractivity contribution in [2.45, 2.75) is 18.6 Å². The first kappa shape index (κ1) is 25.4. The molecule has 0 amide bonds. The average Bonchev–Trinajstić information content (AvgIpc) is 3.10. The molecule has 6 heteroatoms. The van der Waals surface area contributed by atoms with Crippen LogP contribution in [0.15, 0.2) is 60.7 Å². The van der Waals surface area contributed by atoms with Gasteiger partial charge in [0, 0.05) is 30.8 Å². The number of benzene rings is 2. The third-order valence-corrected chi connectivity index (χ3v) is 3.53. The first-order valence-corrected chi connectivity index (χ1v) is 6.95. The van der Waals surface area contributed by atoms with Gasteiger partial charge in [0.05, 0.1) is 6.04 Å². The molecule has 0 unspecified atom stereocenters. The minimum absolute atomic E-state index is 0. The van der Waals surface area contributed by atoms with Crippen LogP contribution in [0.2, 0.25) is 0 Å². The van der Waals surface area contributed by atoms with Crippen LogP contribution in [0.1, 0.15) is 29.7 Å². The third kappa shape index (κ3) is 7.69. The zero-order chi connectivity index (χ0) is 18.4. The van der Waals surface area contributed by atoms with Gasteiger partial charge in [-0.15, -0.1) is 0 Å². The Morgan fingerprint density at radius 3 is 1.64 bits per heavy atom. The van der Waals surface area contributed by atoms with Crippen LogP contribution in [0.25, 0.3) is 0 Å². The molecule has 1 saturated heterocycles. The Labute approximate surface area is 158 Å². The van der Waals surface area contributed by atoms with Crippen LogP contribution in [0, 0.1) is 20.0 Å². The van der Waals surface area contributed by atoms with Gasteiger partial charge in [0.1, 0.15) is 6.10 Å². The Hall–Kier alpha value is -1.89. The van der Waals surface area contributed by atoms with Gasteiger partial charge in [-0.05, 0) is 11.1 Å². The van der Waals surface area contributed by atoms with Gasteiger partial charge in [0.25, 0.3) is 0 Å². The predicted octanol–water partition coefficient (Wildman–Crippen LogP) is 3.62. The molecule has 1 fully saturated rings. The van der Waals surface area contributed by atoms with E-state index in [1.807, 2.05) is 24.2 Å². The zero-order valence-electron chi connectivity index (χ0n) is 13.6. The summed E-state index contributed by atoms with van der Waals surface area (Å²) in [7, 11) is 2.01. The summed E-state index contributed by atoms with van der Waals surface area (Å²) in [4.78, 5) is 5.95. The van der Waals surface area contributed by atoms with E-state index in [1.165, 1.54) is 11.1 Å². The summed E-state index contributed by atoms with van der Waals surface area (Å²) >= 11 is 0. The van der Waals surface area contributed by atoms with Crippen LogP contribution in [0.5, 0.6) is 0 Å². The van der Waals surface area contributed by atoms with Gasteiger partial charge in [0.15, 0.2) is 0 Å². The second-order valence-electron chi connectivity index (χ2n) is 4.71. The minimum atomic E-state index is 0. The largest absolute Gasteiger partial charge is 0 e. The molecule has 0 saturated carbocycles. The smallest absolute Gasteiger partial charge is 0 e. The van der Waals surface area contributed by atoms with E-state index in [-0.39, 0.29) is 23.5 Å². The first-order chi connectivity index (χ1) is 11.8. The summed E-state index contributed by atoms with van der Waals surface area (Å²) in [5.41, 5.74) is 2.57. The van der Waals surface area contributed by atoms with E-state index >= 15 is 0 Å². The molecule has 25 heavy (non-hydrogen) atoms. The third-order valence-electron chi connectivity index (χ3n) is 3.53. The fourth-order valence-electron chi connectivity index (χ4n) is 2.55. The van der Waals surface area contributed by atoms with Crippen molar-refractivity contribution in [2.75, 3.05) is 7.05 Å². The Morgan fingerprint density at radius 2 is 1.20 bits per heavy atom. The topological polar surface area (TPSA) is 72.2 Å². The molecule has 5 nitrogen and oxygen atoms in total. The molecule has 3 rings (SSSR count). The van der Waals surface area contributed by atoms with E-state index in [2.05, 4.69) is 68.5 Å². The fraction of sp³-hybridized carbons (Fsp3) is 0.211. The van der Waals surface area contributed by atoms with E-state index in [0.717, 1.165) is 6.42 Å². The van der Waals surface area contributed by atoms with Crippen LogP contribution >= 0.6 is 0 Å². The van der Waals surface area contributed by atoms with E-state index in [0.29, 0.717) is 6.04 Å². The van der Waals surface area contributed by atoms with Gasteiger partial charge in [-0.1, -0.05) is 60.7 Å². The fourth-order valence-corrected chi connectivity index (χ4v) is 2.55. The number of hydrogen-bond donors (Lipinski definition) is 0. The van der Waals surface area contributed by atoms with Crippen molar-refractivity contribution >= 4 is 0 Å². The summed E-state index contributed by atoms with van der Waals surface area (Å²) in [6.07, 6.45) is 1.17. The van der Waals surface area contributed by atoms with Crippen LogP contribution in [0.3, 0.4) is 0 Å². The molecule has 0 aliphatic carbocycles. The molecule has 1 aliphatic rings. The normalized spacial score (nSPS) is 17.7. The minimum Gasteiger partial charge on any atom is 0 e. The Morgan fingerprint density at radius 1 is 0.800 bits per heavy atom. The van der Waals surface area contributed by atoms with Gasteiger partial charge in [-0.25, -0.2) is 0 Å². The molecule has 1 heterocycles. The van der Waals surface area contributed by atoms with E-state index in [1.54, 1.807) is 0 Å². The second kappa shape index (κ2) is 15.6. The Bertz CT molecular complexity index is 614. The molecule has 128 valence electrons. The van der Waals surface area contributed by atoms with Crippen molar-refractivity contribution in [3.8, 4) is 0 Å². The van der Waals surface area contributed by atoms with E-state index in [9.17, 15) is 0 Å². The van der Waals surface area contributed by atoms with Gasteiger partial charge in [-0.2, -0.15) is 5.06 Å². The molecule has 2 aromatic rings. The molecule has 1 aliphatic heterocycles. The van der Waals surface area contributed by atoms with Gasteiger partial charge < -0.3 is 0 Å². The van der Waals surface area contributed by atoms with Crippen molar-refractivity contribution in [1.29, 1.82) is 0 Å². The van der Waals surface area contributed by atoms with Crippen molar-refractivity contribution < 1.29 is 36.2 Å². The summed E-state index contributed by atoms with van der Waals surface area (Å²) in [6, 6.07) is 21.3. The quantitative estimate of drug-likeness (QED) is 0.594. The van der Waals surface area contributed by atoms with Crippen molar-refractivity contribution in [2.24, 2.45) is 0 Å². The molecule has 0 N–H and O–H groups in total.